The molecule has 0 aliphatic heterocycles. The van der Waals surface area contributed by atoms with Gasteiger partial charge in [0, 0.05) is 6.61 Å². The van der Waals surface area contributed by atoms with Gasteiger partial charge in [-0.15, -0.1) is 0 Å². The molecule has 0 aromatic rings. The van der Waals surface area contributed by atoms with Crippen LogP contribution in [0.25, 0.3) is 0 Å². The van der Waals surface area contributed by atoms with Crippen LogP contribution in [0.15, 0.2) is 0 Å². The second-order valence-corrected chi connectivity index (χ2v) is 5.14. The zero-order valence-corrected chi connectivity index (χ0v) is 11.4. The largest absolute Gasteiger partial charge is 0.379 e. The lowest BCUT2D eigenvalue weighted by Crippen LogP contribution is -2.51. The molecule has 1 amide bonds. The zero-order chi connectivity index (χ0) is 13.5. The number of ether oxygens (including phenoxy) is 2. The van der Waals surface area contributed by atoms with E-state index in [2.05, 4.69) is 13.8 Å². The topological polar surface area (TPSA) is 87.6 Å². The lowest BCUT2D eigenvalue weighted by Gasteiger charge is -2.24. The van der Waals surface area contributed by atoms with Gasteiger partial charge in [0.1, 0.15) is 0 Å². The molecule has 0 saturated carbocycles. The van der Waals surface area contributed by atoms with Gasteiger partial charge in [-0.2, -0.15) is 0 Å². The Morgan fingerprint density at radius 2 is 1.88 bits per heavy atom. The summed E-state index contributed by atoms with van der Waals surface area (Å²) < 4.78 is 10.9. The van der Waals surface area contributed by atoms with Gasteiger partial charge in [0.25, 0.3) is 0 Å². The van der Waals surface area contributed by atoms with Crippen molar-refractivity contribution in [3.63, 3.8) is 0 Å². The molecule has 0 saturated heterocycles. The van der Waals surface area contributed by atoms with Crippen LogP contribution in [0, 0.1) is 5.92 Å². The molecule has 4 N–H and O–H groups in total. The number of primary amides is 1. The van der Waals surface area contributed by atoms with Crippen molar-refractivity contribution in [1.29, 1.82) is 0 Å². The second-order valence-electron chi connectivity index (χ2n) is 5.14. The van der Waals surface area contributed by atoms with Crippen molar-refractivity contribution in [3.05, 3.63) is 0 Å². The van der Waals surface area contributed by atoms with Gasteiger partial charge in [-0.25, -0.2) is 0 Å². The monoisotopic (exact) mass is 246 g/mol. The van der Waals surface area contributed by atoms with Crippen LogP contribution in [-0.4, -0.2) is 37.4 Å². The van der Waals surface area contributed by atoms with Crippen LogP contribution < -0.4 is 11.5 Å². The Kier molecular flexibility index (Phi) is 7.34. The quantitative estimate of drug-likeness (QED) is 0.585. The number of amides is 1. The minimum atomic E-state index is -1.02. The van der Waals surface area contributed by atoms with Gasteiger partial charge in [0.2, 0.25) is 5.91 Å². The SMILES string of the molecule is CC(C)COCCOC(C)CC(C)(N)C(N)=O. The Morgan fingerprint density at radius 3 is 2.35 bits per heavy atom. The number of carbonyl (C=O) groups excluding carboxylic acids is 1. The van der Waals surface area contributed by atoms with Crippen LogP contribution in [0.3, 0.4) is 0 Å². The Hall–Kier alpha value is -0.650. The van der Waals surface area contributed by atoms with Gasteiger partial charge in [-0.1, -0.05) is 13.8 Å². The van der Waals surface area contributed by atoms with Crippen molar-refractivity contribution in [1.82, 2.24) is 0 Å². The first-order valence-corrected chi connectivity index (χ1v) is 6.04. The summed E-state index contributed by atoms with van der Waals surface area (Å²) in [5, 5.41) is 0. The summed E-state index contributed by atoms with van der Waals surface area (Å²) in [5.74, 6) is 0.0126. The van der Waals surface area contributed by atoms with E-state index >= 15 is 0 Å². The molecule has 17 heavy (non-hydrogen) atoms. The molecule has 0 heterocycles. The molecule has 0 aromatic heterocycles. The Labute approximate surface area is 104 Å². The first-order valence-electron chi connectivity index (χ1n) is 6.04. The van der Waals surface area contributed by atoms with Crippen molar-refractivity contribution in [2.45, 2.75) is 45.8 Å². The normalized spacial score (nSPS) is 16.8. The van der Waals surface area contributed by atoms with Crippen LogP contribution in [0.1, 0.15) is 34.1 Å². The van der Waals surface area contributed by atoms with E-state index in [1.807, 2.05) is 6.92 Å². The van der Waals surface area contributed by atoms with Crippen LogP contribution in [0.5, 0.6) is 0 Å². The minimum Gasteiger partial charge on any atom is -0.379 e. The molecule has 5 heteroatoms. The predicted molar refractivity (Wildman–Crippen MR) is 67.5 cm³/mol. The van der Waals surface area contributed by atoms with E-state index in [1.54, 1.807) is 6.92 Å². The van der Waals surface area contributed by atoms with E-state index in [0.717, 1.165) is 6.61 Å². The molecule has 2 unspecified atom stereocenters. The molecular weight excluding hydrogens is 220 g/mol. The lowest BCUT2D eigenvalue weighted by molar-refractivity contribution is -0.124. The van der Waals surface area contributed by atoms with Gasteiger partial charge in [-0.05, 0) is 26.2 Å². The van der Waals surface area contributed by atoms with E-state index in [0.29, 0.717) is 25.6 Å². The average Bonchev–Trinajstić information content (AvgIpc) is 2.15. The Bertz CT molecular complexity index is 230. The molecule has 0 aliphatic carbocycles. The maximum Gasteiger partial charge on any atom is 0.237 e. The van der Waals surface area contributed by atoms with Gasteiger partial charge in [-0.3, -0.25) is 4.79 Å². The third-order valence-corrected chi connectivity index (χ3v) is 2.36. The smallest absolute Gasteiger partial charge is 0.237 e. The summed E-state index contributed by atoms with van der Waals surface area (Å²) in [5.41, 5.74) is 9.91. The molecule has 0 spiro atoms. The van der Waals surface area contributed by atoms with Gasteiger partial charge >= 0.3 is 0 Å². The maximum atomic E-state index is 11.0. The van der Waals surface area contributed by atoms with Gasteiger partial charge in [0.15, 0.2) is 0 Å². The summed E-state index contributed by atoms with van der Waals surface area (Å²) in [6.45, 7) is 9.46. The summed E-state index contributed by atoms with van der Waals surface area (Å²) in [6, 6.07) is 0. The molecular formula is C12H26N2O3. The standard InChI is InChI=1S/C12H26N2O3/c1-9(2)8-16-5-6-17-10(3)7-12(4,14)11(13)15/h9-10H,5-8,14H2,1-4H3,(H2,13,15). The molecule has 0 rings (SSSR count). The van der Waals surface area contributed by atoms with Crippen LogP contribution in [0.4, 0.5) is 0 Å². The molecule has 0 aromatic carbocycles. The third-order valence-electron chi connectivity index (χ3n) is 2.36. The fraction of sp³-hybridized carbons (Fsp3) is 0.917. The second kappa shape index (κ2) is 7.63. The summed E-state index contributed by atoms with van der Waals surface area (Å²) in [4.78, 5) is 11.0. The van der Waals surface area contributed by atoms with E-state index in [4.69, 9.17) is 20.9 Å². The van der Waals surface area contributed by atoms with E-state index in [1.165, 1.54) is 0 Å². The van der Waals surface area contributed by atoms with E-state index in [9.17, 15) is 4.79 Å². The summed E-state index contributed by atoms with van der Waals surface area (Å²) in [6.07, 6.45) is 0.298. The third kappa shape index (κ3) is 8.12. The van der Waals surface area contributed by atoms with Crippen molar-refractivity contribution >= 4 is 5.91 Å². The highest BCUT2D eigenvalue weighted by Crippen LogP contribution is 2.10. The zero-order valence-electron chi connectivity index (χ0n) is 11.4. The highest BCUT2D eigenvalue weighted by Gasteiger charge is 2.28. The molecule has 0 fully saturated rings. The van der Waals surface area contributed by atoms with E-state index in [-0.39, 0.29) is 6.10 Å². The van der Waals surface area contributed by atoms with Crippen molar-refractivity contribution in [2.24, 2.45) is 17.4 Å². The first-order chi connectivity index (χ1) is 7.75. The average molecular weight is 246 g/mol. The van der Waals surface area contributed by atoms with Crippen LogP contribution in [0.2, 0.25) is 0 Å². The molecule has 0 bridgehead atoms. The Morgan fingerprint density at radius 1 is 1.29 bits per heavy atom. The minimum absolute atomic E-state index is 0.111. The molecule has 2 atom stereocenters. The first kappa shape index (κ1) is 16.4. The van der Waals surface area contributed by atoms with Gasteiger partial charge in [0.05, 0.1) is 24.9 Å². The van der Waals surface area contributed by atoms with Crippen LogP contribution in [-0.2, 0) is 14.3 Å². The highest BCUT2D eigenvalue weighted by atomic mass is 16.5. The van der Waals surface area contributed by atoms with Crippen molar-refractivity contribution < 1.29 is 14.3 Å². The lowest BCUT2D eigenvalue weighted by atomic mass is 9.95. The number of hydrogen-bond donors (Lipinski definition) is 2. The fourth-order valence-corrected chi connectivity index (χ4v) is 1.38. The van der Waals surface area contributed by atoms with Crippen molar-refractivity contribution in [3.8, 4) is 0 Å². The molecule has 0 radical (unpaired) electrons. The maximum absolute atomic E-state index is 11.0. The molecule has 0 aliphatic rings. The van der Waals surface area contributed by atoms with Crippen LogP contribution >= 0.6 is 0 Å². The van der Waals surface area contributed by atoms with Crippen molar-refractivity contribution in [2.75, 3.05) is 19.8 Å². The van der Waals surface area contributed by atoms with E-state index < -0.39 is 11.4 Å². The summed E-state index contributed by atoms with van der Waals surface area (Å²) in [7, 11) is 0. The fourth-order valence-electron chi connectivity index (χ4n) is 1.38. The number of nitrogens with two attached hydrogens (primary N) is 2. The highest BCUT2D eigenvalue weighted by molar-refractivity contribution is 5.83. The van der Waals surface area contributed by atoms with Gasteiger partial charge < -0.3 is 20.9 Å². The summed E-state index contributed by atoms with van der Waals surface area (Å²) >= 11 is 0. The molecule has 5 nitrogen and oxygen atoms in total. The molecule has 102 valence electrons. The number of rotatable bonds is 9. The predicted octanol–water partition coefficient (Wildman–Crippen LogP) is 0.657. The number of carbonyl (C=O) groups is 1. The Balaban J connectivity index is 3.66. The number of hydrogen-bond acceptors (Lipinski definition) is 4.